The van der Waals surface area contributed by atoms with Gasteiger partial charge in [-0.2, -0.15) is 0 Å². The maximum absolute atomic E-state index is 12.4. The van der Waals surface area contributed by atoms with Crippen molar-refractivity contribution in [3.8, 4) is 0 Å². The molecule has 26 heavy (non-hydrogen) atoms. The van der Waals surface area contributed by atoms with Crippen LogP contribution in [0.15, 0.2) is 6.58 Å². The molecule has 1 amide bonds. The van der Waals surface area contributed by atoms with E-state index in [9.17, 15) is 9.90 Å². The Morgan fingerprint density at radius 1 is 1.54 bits per heavy atom. The number of amides is 1. The summed E-state index contributed by atoms with van der Waals surface area (Å²) in [6, 6.07) is -0.360. The smallest absolute Gasteiger partial charge is 0.287 e. The van der Waals surface area contributed by atoms with Gasteiger partial charge in [-0.25, -0.2) is 4.98 Å². The maximum atomic E-state index is 12.4. The third-order valence-electron chi connectivity index (χ3n) is 4.25. The monoisotopic (exact) mass is 396 g/mol. The SMILES string of the molecule is C=C(C)c1nnc(N2CCC(NC(=O)c3nc(Cl)c(CC)[nH]3)C(O)C2)s1. The highest BCUT2D eigenvalue weighted by Gasteiger charge is 2.31. The summed E-state index contributed by atoms with van der Waals surface area (Å²) in [7, 11) is 0. The van der Waals surface area contributed by atoms with Gasteiger partial charge in [-0.3, -0.25) is 4.79 Å². The van der Waals surface area contributed by atoms with Gasteiger partial charge in [0.2, 0.25) is 5.13 Å². The van der Waals surface area contributed by atoms with Crippen LogP contribution in [-0.2, 0) is 6.42 Å². The van der Waals surface area contributed by atoms with E-state index < -0.39 is 6.10 Å². The number of hydrogen-bond acceptors (Lipinski definition) is 7. The molecule has 3 rings (SSSR count). The van der Waals surface area contributed by atoms with Crippen LogP contribution in [0.3, 0.4) is 0 Å². The van der Waals surface area contributed by atoms with Crippen LogP contribution >= 0.6 is 22.9 Å². The number of aromatic nitrogens is 4. The Kier molecular flexibility index (Phi) is 5.59. The highest BCUT2D eigenvalue weighted by Crippen LogP contribution is 2.27. The molecule has 0 aromatic carbocycles. The minimum atomic E-state index is -0.721. The van der Waals surface area contributed by atoms with E-state index in [-0.39, 0.29) is 17.8 Å². The number of imidazole rings is 1. The number of hydrogen-bond donors (Lipinski definition) is 3. The Morgan fingerprint density at radius 3 is 2.88 bits per heavy atom. The Bertz CT molecular complexity index is 820. The Balaban J connectivity index is 1.61. The van der Waals surface area contributed by atoms with E-state index in [1.807, 2.05) is 18.7 Å². The van der Waals surface area contributed by atoms with Crippen LogP contribution in [0.2, 0.25) is 5.15 Å². The fraction of sp³-hybridized carbons (Fsp3) is 0.500. The fourth-order valence-corrected chi connectivity index (χ4v) is 3.83. The van der Waals surface area contributed by atoms with E-state index in [0.29, 0.717) is 31.1 Å². The zero-order valence-corrected chi connectivity index (χ0v) is 16.2. The van der Waals surface area contributed by atoms with Crippen molar-refractivity contribution in [1.82, 2.24) is 25.5 Å². The first-order valence-corrected chi connectivity index (χ1v) is 9.56. The number of halogens is 1. The Hall–Kier alpha value is -1.97. The summed E-state index contributed by atoms with van der Waals surface area (Å²) < 4.78 is 0. The van der Waals surface area contributed by atoms with Gasteiger partial charge in [0.1, 0.15) is 5.01 Å². The topological polar surface area (TPSA) is 107 Å². The number of rotatable bonds is 5. The molecule has 2 aromatic rings. The average Bonchev–Trinajstić information content (AvgIpc) is 3.23. The quantitative estimate of drug-likeness (QED) is 0.712. The lowest BCUT2D eigenvalue weighted by Gasteiger charge is -2.35. The maximum Gasteiger partial charge on any atom is 0.287 e. The molecule has 3 heterocycles. The first-order valence-electron chi connectivity index (χ1n) is 8.36. The van der Waals surface area contributed by atoms with Gasteiger partial charge in [0.15, 0.2) is 11.0 Å². The molecule has 1 fully saturated rings. The van der Waals surface area contributed by atoms with Gasteiger partial charge in [-0.1, -0.05) is 36.4 Å². The van der Waals surface area contributed by atoms with Crippen LogP contribution in [0.25, 0.3) is 5.57 Å². The second-order valence-electron chi connectivity index (χ2n) is 6.26. The average molecular weight is 397 g/mol. The van der Waals surface area contributed by atoms with E-state index in [0.717, 1.165) is 21.4 Å². The molecule has 10 heteroatoms. The summed E-state index contributed by atoms with van der Waals surface area (Å²) in [5.41, 5.74) is 1.58. The van der Waals surface area contributed by atoms with Crippen LogP contribution in [0, 0.1) is 0 Å². The number of nitrogens with zero attached hydrogens (tertiary/aromatic N) is 4. The standard InChI is InChI=1S/C16H21ClN6O2S/c1-4-9-12(17)20-13(18-9)14(25)19-10-5-6-23(7-11(10)24)16-22-21-15(26-16)8(2)3/h10-11,24H,2,4-7H2,1,3H3,(H,18,20)(H,19,25). The number of piperidine rings is 1. The lowest BCUT2D eigenvalue weighted by atomic mass is 10.0. The van der Waals surface area contributed by atoms with Crippen molar-refractivity contribution in [2.45, 2.75) is 38.8 Å². The van der Waals surface area contributed by atoms with E-state index in [2.05, 4.69) is 32.1 Å². The summed E-state index contributed by atoms with van der Waals surface area (Å²) in [6.07, 6.45) is 0.527. The van der Waals surface area contributed by atoms with Crippen molar-refractivity contribution in [1.29, 1.82) is 0 Å². The van der Waals surface area contributed by atoms with Gasteiger partial charge in [-0.15, -0.1) is 10.2 Å². The van der Waals surface area contributed by atoms with Crippen LogP contribution < -0.4 is 10.2 Å². The number of anilines is 1. The van der Waals surface area contributed by atoms with E-state index in [4.69, 9.17) is 11.6 Å². The first kappa shape index (κ1) is 18.8. The van der Waals surface area contributed by atoms with E-state index >= 15 is 0 Å². The normalized spacial score (nSPS) is 20.2. The molecule has 8 nitrogen and oxygen atoms in total. The van der Waals surface area contributed by atoms with Crippen molar-refractivity contribution in [3.63, 3.8) is 0 Å². The molecule has 1 aliphatic heterocycles. The summed E-state index contributed by atoms with van der Waals surface area (Å²) in [5, 5.41) is 23.4. The molecule has 1 saturated heterocycles. The predicted molar refractivity (Wildman–Crippen MR) is 102 cm³/mol. The van der Waals surface area contributed by atoms with Crippen molar-refractivity contribution >= 4 is 39.5 Å². The number of aliphatic hydroxyl groups excluding tert-OH is 1. The van der Waals surface area contributed by atoms with Gasteiger partial charge in [0.05, 0.1) is 17.8 Å². The molecule has 0 bridgehead atoms. The predicted octanol–water partition coefficient (Wildman–Crippen LogP) is 1.88. The minimum Gasteiger partial charge on any atom is -0.389 e. The van der Waals surface area contributed by atoms with Crippen LogP contribution in [0.4, 0.5) is 5.13 Å². The lowest BCUT2D eigenvalue weighted by molar-refractivity contribution is 0.0790. The fourth-order valence-electron chi connectivity index (χ4n) is 2.76. The molecular formula is C16H21ClN6O2S. The highest BCUT2D eigenvalue weighted by atomic mass is 35.5. The molecule has 2 unspecified atom stereocenters. The number of H-pyrrole nitrogens is 1. The van der Waals surface area contributed by atoms with Gasteiger partial charge in [0.25, 0.3) is 5.91 Å². The van der Waals surface area contributed by atoms with Gasteiger partial charge >= 0.3 is 0 Å². The number of aliphatic hydroxyl groups is 1. The Morgan fingerprint density at radius 2 is 2.31 bits per heavy atom. The third kappa shape index (κ3) is 3.89. The van der Waals surface area contributed by atoms with Crippen molar-refractivity contribution in [3.05, 3.63) is 28.3 Å². The minimum absolute atomic E-state index is 0.164. The molecule has 0 spiro atoms. The summed E-state index contributed by atoms with van der Waals surface area (Å²) in [5.74, 6) is -0.207. The van der Waals surface area contributed by atoms with Crippen molar-refractivity contribution in [2.75, 3.05) is 18.0 Å². The number of carbonyl (C=O) groups is 1. The molecule has 2 aromatic heterocycles. The second-order valence-corrected chi connectivity index (χ2v) is 7.57. The second kappa shape index (κ2) is 7.73. The number of nitrogens with one attached hydrogen (secondary N) is 2. The third-order valence-corrected chi connectivity index (χ3v) is 5.70. The number of aromatic amines is 1. The van der Waals surface area contributed by atoms with Gasteiger partial charge < -0.3 is 20.3 Å². The molecule has 0 saturated carbocycles. The Labute approximate surface area is 160 Å². The molecule has 2 atom stereocenters. The summed E-state index contributed by atoms with van der Waals surface area (Å²) in [4.78, 5) is 21.3. The van der Waals surface area contributed by atoms with E-state index in [1.165, 1.54) is 11.3 Å². The number of allylic oxidation sites excluding steroid dienone is 1. The first-order chi connectivity index (χ1) is 12.4. The van der Waals surface area contributed by atoms with Crippen LogP contribution in [0.1, 0.15) is 41.6 Å². The zero-order valence-electron chi connectivity index (χ0n) is 14.6. The number of aryl methyl sites for hydroxylation is 1. The van der Waals surface area contributed by atoms with Gasteiger partial charge in [-0.05, 0) is 25.3 Å². The molecule has 0 radical (unpaired) electrons. The molecule has 1 aliphatic rings. The van der Waals surface area contributed by atoms with Crippen LogP contribution in [-0.4, -0.2) is 56.4 Å². The van der Waals surface area contributed by atoms with Crippen molar-refractivity contribution in [2.24, 2.45) is 0 Å². The zero-order chi connectivity index (χ0) is 18.8. The molecule has 140 valence electrons. The van der Waals surface area contributed by atoms with E-state index in [1.54, 1.807) is 0 Å². The molecule has 3 N–H and O–H groups in total. The number of carbonyl (C=O) groups excluding carboxylic acids is 1. The molecular weight excluding hydrogens is 376 g/mol. The molecule has 0 aliphatic carbocycles. The van der Waals surface area contributed by atoms with Crippen LogP contribution in [0.5, 0.6) is 0 Å². The summed E-state index contributed by atoms with van der Waals surface area (Å²) in [6.45, 7) is 8.69. The van der Waals surface area contributed by atoms with Crippen molar-refractivity contribution < 1.29 is 9.90 Å². The lowest BCUT2D eigenvalue weighted by Crippen LogP contribution is -2.54. The summed E-state index contributed by atoms with van der Waals surface area (Å²) >= 11 is 7.42. The number of β-amino-alcohol motifs (C(OH)–C–C–N with tert-alkyl or cyclic N) is 1. The van der Waals surface area contributed by atoms with Gasteiger partial charge in [0, 0.05) is 13.1 Å². The largest absolute Gasteiger partial charge is 0.389 e. The highest BCUT2D eigenvalue weighted by molar-refractivity contribution is 7.16.